The first-order valence-corrected chi connectivity index (χ1v) is 11.1. The molecule has 0 bridgehead atoms. The standard InChI is InChI=1S/C25H29N5O2/c1-17(2)15-21(24-28-20-11-6-7-12-22(20)29(24)3)27-23(31)13-8-14-30-16-26-19-10-5-4-9-18(19)25(30)32/h4-7,9-12,16-17,21H,8,13-15H2,1-3H3,(H,27,31). The highest BCUT2D eigenvalue weighted by Gasteiger charge is 2.21. The van der Waals surface area contributed by atoms with Crippen LogP contribution in [0.5, 0.6) is 0 Å². The van der Waals surface area contributed by atoms with E-state index in [1.807, 2.05) is 49.5 Å². The zero-order chi connectivity index (χ0) is 22.7. The lowest BCUT2D eigenvalue weighted by Gasteiger charge is -2.20. The van der Waals surface area contributed by atoms with Crippen molar-refractivity contribution in [3.05, 3.63) is 71.0 Å². The highest BCUT2D eigenvalue weighted by molar-refractivity contribution is 5.78. The van der Waals surface area contributed by atoms with E-state index in [4.69, 9.17) is 4.98 Å². The number of fused-ring (bicyclic) bond motifs is 2. The van der Waals surface area contributed by atoms with Crippen molar-refractivity contribution >= 4 is 27.8 Å². The van der Waals surface area contributed by atoms with Crippen LogP contribution in [-0.2, 0) is 18.4 Å². The second-order valence-corrected chi connectivity index (χ2v) is 8.63. The van der Waals surface area contributed by atoms with Crippen LogP contribution in [-0.4, -0.2) is 25.0 Å². The van der Waals surface area contributed by atoms with Crippen molar-refractivity contribution in [2.24, 2.45) is 13.0 Å². The van der Waals surface area contributed by atoms with E-state index in [1.54, 1.807) is 17.0 Å². The minimum atomic E-state index is -0.162. The molecule has 32 heavy (non-hydrogen) atoms. The number of aryl methyl sites for hydroxylation is 2. The number of benzene rings is 2. The Balaban J connectivity index is 1.43. The van der Waals surface area contributed by atoms with Gasteiger partial charge in [0.15, 0.2) is 0 Å². The van der Waals surface area contributed by atoms with E-state index in [1.165, 1.54) is 0 Å². The van der Waals surface area contributed by atoms with E-state index in [0.29, 0.717) is 36.2 Å². The number of aromatic nitrogens is 4. The lowest BCUT2D eigenvalue weighted by atomic mass is 10.0. The maximum Gasteiger partial charge on any atom is 0.261 e. The smallest absolute Gasteiger partial charge is 0.261 e. The first-order valence-electron chi connectivity index (χ1n) is 11.1. The fourth-order valence-electron chi connectivity index (χ4n) is 4.12. The Morgan fingerprint density at radius 1 is 1.06 bits per heavy atom. The minimum absolute atomic E-state index is 0.0375. The number of hydrogen-bond donors (Lipinski definition) is 1. The van der Waals surface area contributed by atoms with Gasteiger partial charge in [-0.05, 0) is 43.0 Å². The Bertz CT molecular complexity index is 1300. The zero-order valence-electron chi connectivity index (χ0n) is 18.8. The summed E-state index contributed by atoms with van der Waals surface area (Å²) >= 11 is 0. The van der Waals surface area contributed by atoms with Crippen LogP contribution in [0.1, 0.15) is 45.0 Å². The number of carbonyl (C=O) groups is 1. The van der Waals surface area contributed by atoms with Crippen LogP contribution in [0.3, 0.4) is 0 Å². The number of nitrogens with one attached hydrogen (secondary N) is 1. The molecule has 1 amide bonds. The number of hydrogen-bond acceptors (Lipinski definition) is 4. The van der Waals surface area contributed by atoms with E-state index in [2.05, 4.69) is 28.7 Å². The molecule has 0 aliphatic carbocycles. The molecule has 7 heteroatoms. The average Bonchev–Trinajstić information content (AvgIpc) is 3.11. The summed E-state index contributed by atoms with van der Waals surface area (Å²) in [6, 6.07) is 15.1. The first-order chi connectivity index (χ1) is 15.4. The SMILES string of the molecule is CC(C)CC(NC(=O)CCCn1cnc2ccccc2c1=O)c1nc2ccccc2n1C. The maximum atomic E-state index is 12.8. The summed E-state index contributed by atoms with van der Waals surface area (Å²) in [5, 5.41) is 3.77. The van der Waals surface area contributed by atoms with Crippen molar-refractivity contribution in [1.29, 1.82) is 0 Å². The summed E-state index contributed by atoms with van der Waals surface area (Å²) in [4.78, 5) is 34.5. The third-order valence-electron chi connectivity index (χ3n) is 5.71. The number of nitrogens with zero attached hydrogens (tertiary/aromatic N) is 4. The van der Waals surface area contributed by atoms with Crippen molar-refractivity contribution in [2.75, 3.05) is 0 Å². The minimum Gasteiger partial charge on any atom is -0.346 e. The predicted octanol–water partition coefficient (Wildman–Crippen LogP) is 3.97. The first kappa shape index (κ1) is 21.7. The molecule has 0 aliphatic rings. The van der Waals surface area contributed by atoms with Gasteiger partial charge in [-0.2, -0.15) is 0 Å². The van der Waals surface area contributed by atoms with Crippen molar-refractivity contribution < 1.29 is 4.79 Å². The molecule has 1 atom stereocenters. The predicted molar refractivity (Wildman–Crippen MR) is 126 cm³/mol. The highest BCUT2D eigenvalue weighted by Crippen LogP contribution is 2.24. The highest BCUT2D eigenvalue weighted by atomic mass is 16.1. The molecule has 1 unspecified atom stereocenters. The van der Waals surface area contributed by atoms with Gasteiger partial charge in [0.25, 0.3) is 5.56 Å². The summed E-state index contributed by atoms with van der Waals surface area (Å²) < 4.78 is 3.63. The zero-order valence-corrected chi connectivity index (χ0v) is 18.8. The molecular weight excluding hydrogens is 402 g/mol. The Morgan fingerprint density at radius 3 is 2.53 bits per heavy atom. The van der Waals surface area contributed by atoms with Crippen LogP contribution >= 0.6 is 0 Å². The number of carbonyl (C=O) groups excluding carboxylic acids is 1. The summed E-state index contributed by atoms with van der Waals surface area (Å²) in [6.07, 6.45) is 3.25. The van der Waals surface area contributed by atoms with E-state index >= 15 is 0 Å². The van der Waals surface area contributed by atoms with Gasteiger partial charge in [0.1, 0.15) is 5.82 Å². The van der Waals surface area contributed by atoms with Crippen LogP contribution in [0.15, 0.2) is 59.7 Å². The Kier molecular flexibility index (Phi) is 6.35. The number of rotatable bonds is 8. The quantitative estimate of drug-likeness (QED) is 0.458. The average molecular weight is 432 g/mol. The molecule has 1 N–H and O–H groups in total. The molecule has 2 heterocycles. The summed E-state index contributed by atoms with van der Waals surface area (Å²) in [7, 11) is 1.99. The fraction of sp³-hybridized carbons (Fsp3) is 0.360. The van der Waals surface area contributed by atoms with E-state index < -0.39 is 0 Å². The Labute approximate surface area is 187 Å². The van der Waals surface area contributed by atoms with E-state index in [-0.39, 0.29) is 17.5 Å². The van der Waals surface area contributed by atoms with Gasteiger partial charge >= 0.3 is 0 Å². The number of para-hydroxylation sites is 3. The van der Waals surface area contributed by atoms with Crippen LogP contribution < -0.4 is 10.9 Å². The lowest BCUT2D eigenvalue weighted by Crippen LogP contribution is -2.31. The molecule has 2 aromatic heterocycles. The van der Waals surface area contributed by atoms with Gasteiger partial charge in [-0.25, -0.2) is 9.97 Å². The third-order valence-corrected chi connectivity index (χ3v) is 5.71. The monoisotopic (exact) mass is 431 g/mol. The van der Waals surface area contributed by atoms with Gasteiger partial charge in [-0.15, -0.1) is 0 Å². The van der Waals surface area contributed by atoms with Gasteiger partial charge in [0.2, 0.25) is 5.91 Å². The number of amides is 1. The largest absolute Gasteiger partial charge is 0.346 e. The normalized spacial score (nSPS) is 12.5. The van der Waals surface area contributed by atoms with E-state index in [9.17, 15) is 9.59 Å². The third kappa shape index (κ3) is 4.56. The molecule has 0 aliphatic heterocycles. The van der Waals surface area contributed by atoms with Crippen LogP contribution in [0.2, 0.25) is 0 Å². The van der Waals surface area contributed by atoms with Crippen LogP contribution in [0, 0.1) is 5.92 Å². The van der Waals surface area contributed by atoms with Crippen molar-refractivity contribution in [3.8, 4) is 0 Å². The van der Waals surface area contributed by atoms with Crippen molar-refractivity contribution in [3.63, 3.8) is 0 Å². The number of imidazole rings is 1. The topological polar surface area (TPSA) is 81.8 Å². The lowest BCUT2D eigenvalue weighted by molar-refractivity contribution is -0.122. The Hall–Kier alpha value is -3.48. The van der Waals surface area contributed by atoms with Gasteiger partial charge in [-0.3, -0.25) is 14.2 Å². The summed E-state index contributed by atoms with van der Waals surface area (Å²) in [5.41, 5.74) is 2.59. The molecule has 166 valence electrons. The molecule has 0 saturated carbocycles. The second-order valence-electron chi connectivity index (χ2n) is 8.63. The molecule has 7 nitrogen and oxygen atoms in total. The molecule has 4 aromatic rings. The van der Waals surface area contributed by atoms with Gasteiger partial charge in [-0.1, -0.05) is 38.1 Å². The second kappa shape index (κ2) is 9.34. The maximum absolute atomic E-state index is 12.8. The molecule has 2 aromatic carbocycles. The summed E-state index contributed by atoms with van der Waals surface area (Å²) in [5.74, 6) is 1.23. The van der Waals surface area contributed by atoms with Gasteiger partial charge in [0, 0.05) is 20.0 Å². The molecule has 4 rings (SSSR count). The van der Waals surface area contributed by atoms with Crippen molar-refractivity contribution in [1.82, 2.24) is 24.4 Å². The van der Waals surface area contributed by atoms with Gasteiger partial charge < -0.3 is 9.88 Å². The molecule has 0 fully saturated rings. The molecule has 0 radical (unpaired) electrons. The van der Waals surface area contributed by atoms with Crippen LogP contribution in [0.4, 0.5) is 0 Å². The van der Waals surface area contributed by atoms with E-state index in [0.717, 1.165) is 23.3 Å². The van der Waals surface area contributed by atoms with Gasteiger partial charge in [0.05, 0.1) is 34.3 Å². The molecular formula is C25H29N5O2. The fourth-order valence-corrected chi connectivity index (χ4v) is 4.12. The summed E-state index contributed by atoms with van der Waals surface area (Å²) in [6.45, 7) is 4.73. The molecule has 0 saturated heterocycles. The molecule has 0 spiro atoms. The van der Waals surface area contributed by atoms with Crippen LogP contribution in [0.25, 0.3) is 21.9 Å². The van der Waals surface area contributed by atoms with Crippen molar-refractivity contribution in [2.45, 2.75) is 45.7 Å². The Morgan fingerprint density at radius 2 is 1.78 bits per heavy atom.